The highest BCUT2D eigenvalue weighted by molar-refractivity contribution is 5.01. The fourth-order valence-electron chi connectivity index (χ4n) is 0.651. The van der Waals surface area contributed by atoms with Gasteiger partial charge in [0.25, 0.3) is 0 Å². The molecule has 2 N–H and O–H groups in total. The van der Waals surface area contributed by atoms with E-state index in [2.05, 4.69) is 9.97 Å². The molecule has 0 saturated carbocycles. The van der Waals surface area contributed by atoms with Crippen LogP contribution in [0.4, 0.5) is 0 Å². The van der Waals surface area contributed by atoms with Gasteiger partial charge in [0.05, 0.1) is 11.8 Å². The van der Waals surface area contributed by atoms with E-state index in [0.717, 1.165) is 5.82 Å². The van der Waals surface area contributed by atoms with Crippen LogP contribution in [0.5, 0.6) is 0 Å². The average Bonchev–Trinajstić information content (AvgIpc) is 2.14. The van der Waals surface area contributed by atoms with Crippen LogP contribution in [0.3, 0.4) is 0 Å². The van der Waals surface area contributed by atoms with Gasteiger partial charge in [-0.05, 0) is 13.8 Å². The first-order valence-corrected chi connectivity index (χ1v) is 2.90. The molecule has 0 aliphatic heterocycles. The Labute approximate surface area is 53.7 Å². The topological polar surface area (TPSA) is 48.9 Å². The van der Waals surface area contributed by atoms with Crippen molar-refractivity contribution in [1.82, 2.24) is 9.97 Å². The summed E-state index contributed by atoms with van der Waals surface area (Å²) in [5.74, 6) is 0.839. The summed E-state index contributed by atoms with van der Waals surface area (Å²) in [5, 5.41) is 8.95. The number of nitrogens with one attached hydrogen (secondary N) is 1. The van der Waals surface area contributed by atoms with Crippen molar-refractivity contribution in [2.24, 2.45) is 0 Å². The molecule has 1 heterocycles. The van der Waals surface area contributed by atoms with Gasteiger partial charge in [-0.3, -0.25) is 0 Å². The second kappa shape index (κ2) is 2.19. The summed E-state index contributed by atoms with van der Waals surface area (Å²) in [6.45, 7) is 3.54. The molecule has 0 amide bonds. The fraction of sp³-hybridized carbons (Fsp3) is 0.500. The molecule has 9 heavy (non-hydrogen) atoms. The molecule has 0 saturated heterocycles. The van der Waals surface area contributed by atoms with E-state index in [4.69, 9.17) is 5.11 Å². The van der Waals surface area contributed by atoms with E-state index in [1.54, 1.807) is 13.1 Å². The number of nitrogens with zero attached hydrogens (tertiary/aromatic N) is 1. The van der Waals surface area contributed by atoms with E-state index >= 15 is 0 Å². The maximum atomic E-state index is 8.95. The zero-order chi connectivity index (χ0) is 6.85. The number of imidazole rings is 1. The summed E-state index contributed by atoms with van der Waals surface area (Å²) in [7, 11) is 0. The molecule has 0 aliphatic carbocycles. The van der Waals surface area contributed by atoms with Crippen LogP contribution in [0.1, 0.15) is 24.5 Å². The van der Waals surface area contributed by atoms with E-state index in [-0.39, 0.29) is 0 Å². The molecule has 1 rings (SSSR count). The van der Waals surface area contributed by atoms with Crippen molar-refractivity contribution in [3.63, 3.8) is 0 Å². The second-order valence-corrected chi connectivity index (χ2v) is 2.09. The number of aromatic nitrogens is 2. The van der Waals surface area contributed by atoms with Crippen LogP contribution in [0.2, 0.25) is 0 Å². The molecule has 1 atom stereocenters. The largest absolute Gasteiger partial charge is 0.387 e. The van der Waals surface area contributed by atoms with Gasteiger partial charge < -0.3 is 10.1 Å². The molecule has 3 nitrogen and oxygen atoms in total. The Bertz CT molecular complexity index is 193. The lowest BCUT2D eigenvalue weighted by molar-refractivity contribution is 0.195. The monoisotopic (exact) mass is 126 g/mol. The number of aromatic amines is 1. The first kappa shape index (κ1) is 6.29. The van der Waals surface area contributed by atoms with Gasteiger partial charge in [0.15, 0.2) is 0 Å². The fourth-order valence-corrected chi connectivity index (χ4v) is 0.651. The van der Waals surface area contributed by atoms with Crippen LogP contribution in [0.25, 0.3) is 0 Å². The van der Waals surface area contributed by atoms with Gasteiger partial charge in [-0.15, -0.1) is 0 Å². The molecule has 0 aromatic carbocycles. The van der Waals surface area contributed by atoms with Gasteiger partial charge in [0.1, 0.15) is 5.82 Å². The molecule has 50 valence electrons. The van der Waals surface area contributed by atoms with Crippen molar-refractivity contribution in [1.29, 1.82) is 0 Å². The summed E-state index contributed by atoms with van der Waals surface area (Å²) < 4.78 is 0. The highest BCUT2D eigenvalue weighted by Gasteiger charge is 2.01. The summed E-state index contributed by atoms with van der Waals surface area (Å²) in [4.78, 5) is 6.88. The average molecular weight is 126 g/mol. The van der Waals surface area contributed by atoms with Crippen molar-refractivity contribution in [3.8, 4) is 0 Å². The third kappa shape index (κ3) is 1.29. The van der Waals surface area contributed by atoms with Crippen LogP contribution in [-0.4, -0.2) is 15.1 Å². The minimum Gasteiger partial charge on any atom is -0.387 e. The number of aliphatic hydroxyl groups is 1. The predicted molar refractivity (Wildman–Crippen MR) is 34.0 cm³/mol. The summed E-state index contributed by atoms with van der Waals surface area (Å²) in [6.07, 6.45) is 1.25. The van der Waals surface area contributed by atoms with E-state index in [1.807, 2.05) is 6.92 Å². The Morgan fingerprint density at radius 2 is 2.44 bits per heavy atom. The predicted octanol–water partition coefficient (Wildman–Crippen LogP) is 0.771. The summed E-state index contributed by atoms with van der Waals surface area (Å²) >= 11 is 0. The maximum absolute atomic E-state index is 8.95. The van der Waals surface area contributed by atoms with Crippen LogP contribution < -0.4 is 0 Å². The summed E-state index contributed by atoms with van der Waals surface area (Å²) in [5.41, 5.74) is 0.701. The molecule has 1 unspecified atom stereocenters. The molecule has 1 aromatic heterocycles. The molecule has 0 spiro atoms. The smallest absolute Gasteiger partial charge is 0.103 e. The molecular weight excluding hydrogens is 116 g/mol. The molecular formula is C6H10N2O. The minimum absolute atomic E-state index is 0.463. The number of hydrogen-bond acceptors (Lipinski definition) is 2. The third-order valence-electron chi connectivity index (χ3n) is 1.15. The SMILES string of the molecule is Cc1nc(C(C)O)c[nH]1. The number of H-pyrrole nitrogens is 1. The number of hydrogen-bond donors (Lipinski definition) is 2. The van der Waals surface area contributed by atoms with Gasteiger partial charge in [-0.2, -0.15) is 0 Å². The van der Waals surface area contributed by atoms with Gasteiger partial charge in [-0.25, -0.2) is 4.98 Å². The third-order valence-corrected chi connectivity index (χ3v) is 1.15. The molecule has 0 aliphatic rings. The second-order valence-electron chi connectivity index (χ2n) is 2.09. The van der Waals surface area contributed by atoms with E-state index < -0.39 is 6.10 Å². The summed E-state index contributed by atoms with van der Waals surface area (Å²) in [6, 6.07) is 0. The molecule has 3 heteroatoms. The van der Waals surface area contributed by atoms with Gasteiger partial charge in [0.2, 0.25) is 0 Å². The van der Waals surface area contributed by atoms with Crippen molar-refractivity contribution in [3.05, 3.63) is 17.7 Å². The number of rotatable bonds is 1. The lowest BCUT2D eigenvalue weighted by atomic mass is 10.3. The zero-order valence-corrected chi connectivity index (χ0v) is 5.55. The standard InChI is InChI=1S/C6H10N2O/c1-4(9)6-3-7-5(2)8-6/h3-4,9H,1-2H3,(H,7,8). The number of aliphatic hydroxyl groups excluding tert-OH is 1. The Balaban J connectivity index is 2.85. The van der Waals surface area contributed by atoms with E-state index in [9.17, 15) is 0 Å². The van der Waals surface area contributed by atoms with E-state index in [0.29, 0.717) is 5.69 Å². The van der Waals surface area contributed by atoms with Crippen molar-refractivity contribution in [2.45, 2.75) is 20.0 Å². The normalized spacial score (nSPS) is 13.7. The highest BCUT2D eigenvalue weighted by Crippen LogP contribution is 2.06. The van der Waals surface area contributed by atoms with Crippen LogP contribution in [0.15, 0.2) is 6.20 Å². The van der Waals surface area contributed by atoms with Crippen molar-refractivity contribution >= 4 is 0 Å². The first-order valence-electron chi connectivity index (χ1n) is 2.90. The molecule has 0 fully saturated rings. The van der Waals surface area contributed by atoms with Crippen LogP contribution in [0, 0.1) is 6.92 Å². The number of aryl methyl sites for hydroxylation is 1. The molecule has 1 aromatic rings. The molecule has 0 bridgehead atoms. The van der Waals surface area contributed by atoms with Crippen molar-refractivity contribution in [2.75, 3.05) is 0 Å². The minimum atomic E-state index is -0.463. The maximum Gasteiger partial charge on any atom is 0.103 e. The van der Waals surface area contributed by atoms with E-state index in [1.165, 1.54) is 0 Å². The lowest BCUT2D eigenvalue weighted by Crippen LogP contribution is -1.89. The Morgan fingerprint density at radius 3 is 2.67 bits per heavy atom. The quantitative estimate of drug-likeness (QED) is 0.584. The van der Waals surface area contributed by atoms with Gasteiger partial charge >= 0.3 is 0 Å². The first-order chi connectivity index (χ1) is 4.20. The lowest BCUT2D eigenvalue weighted by Gasteiger charge is -1.94. The van der Waals surface area contributed by atoms with Gasteiger partial charge in [-0.1, -0.05) is 0 Å². The Morgan fingerprint density at radius 1 is 1.78 bits per heavy atom. The Hall–Kier alpha value is -0.830. The molecule has 0 radical (unpaired) electrons. The highest BCUT2D eigenvalue weighted by atomic mass is 16.3. The van der Waals surface area contributed by atoms with Gasteiger partial charge in [0, 0.05) is 6.20 Å². The Kier molecular flexibility index (Phi) is 1.53. The van der Waals surface area contributed by atoms with Crippen LogP contribution >= 0.6 is 0 Å². The van der Waals surface area contributed by atoms with Crippen LogP contribution in [-0.2, 0) is 0 Å². The zero-order valence-electron chi connectivity index (χ0n) is 5.55. The van der Waals surface area contributed by atoms with Crippen molar-refractivity contribution < 1.29 is 5.11 Å².